The minimum absolute atomic E-state index is 0.353. The topological polar surface area (TPSA) is 49.8 Å². The van der Waals surface area contributed by atoms with Gasteiger partial charge < -0.3 is 10.6 Å². The van der Waals surface area contributed by atoms with Crippen molar-refractivity contribution in [2.24, 2.45) is 0 Å². The van der Waals surface area contributed by atoms with Gasteiger partial charge in [0.25, 0.3) is 0 Å². The summed E-state index contributed by atoms with van der Waals surface area (Å²) < 4.78 is 0. The number of rotatable bonds is 6. The van der Waals surface area contributed by atoms with Crippen molar-refractivity contribution in [2.75, 3.05) is 10.6 Å². The van der Waals surface area contributed by atoms with Crippen LogP contribution in [0.3, 0.4) is 0 Å². The fraction of sp³-hybridized carbons (Fsp3) is 0.444. The van der Waals surface area contributed by atoms with E-state index >= 15 is 0 Å². The van der Waals surface area contributed by atoms with Crippen LogP contribution in [0.15, 0.2) is 24.3 Å². The average molecular weight is 331 g/mol. The summed E-state index contributed by atoms with van der Waals surface area (Å²) in [6, 6.07) is 8.35. The Morgan fingerprint density at radius 1 is 1.26 bits per heavy atom. The fourth-order valence-electron chi connectivity index (χ4n) is 2.32. The number of hydrogen-bond acceptors (Lipinski definition) is 4. The molecule has 1 aliphatic rings. The summed E-state index contributed by atoms with van der Waals surface area (Å²) in [5, 5.41) is 7.48. The second kappa shape index (κ2) is 6.75. The van der Waals surface area contributed by atoms with Crippen LogP contribution in [-0.2, 0) is 0 Å². The second-order valence-electron chi connectivity index (χ2n) is 6.32. The molecule has 1 aromatic heterocycles. The van der Waals surface area contributed by atoms with Crippen LogP contribution in [0.4, 0.5) is 17.5 Å². The number of aromatic nitrogens is 2. The Morgan fingerprint density at radius 2 is 2.04 bits per heavy atom. The molecule has 4 nitrogen and oxygen atoms in total. The Balaban J connectivity index is 1.86. The van der Waals surface area contributed by atoms with Gasteiger partial charge in [-0.05, 0) is 50.8 Å². The van der Waals surface area contributed by atoms with Crippen LogP contribution in [0.1, 0.15) is 50.3 Å². The summed E-state index contributed by atoms with van der Waals surface area (Å²) in [5.74, 6) is 2.09. The third-order valence-corrected chi connectivity index (χ3v) is 4.58. The van der Waals surface area contributed by atoms with E-state index in [9.17, 15) is 0 Å². The Kier molecular flexibility index (Phi) is 4.71. The highest BCUT2D eigenvalue weighted by Crippen LogP contribution is 2.40. The maximum atomic E-state index is 6.21. The Bertz CT molecular complexity index is 697. The average Bonchev–Trinajstić information content (AvgIpc) is 3.35. The maximum Gasteiger partial charge on any atom is 0.225 e. The maximum absolute atomic E-state index is 6.21. The molecule has 0 amide bonds. The standard InChI is InChI=1S/C18H23ClN4/c1-4-12(3)20-18-22-16(13-6-7-13)10-17(23-18)21-14-8-5-11(2)15(19)9-14/h5,8-10,12-13H,4,6-7H2,1-3H3,(H2,20,21,22,23)/t12-/m0/s1. The molecular weight excluding hydrogens is 308 g/mol. The zero-order valence-corrected chi connectivity index (χ0v) is 14.6. The summed E-state index contributed by atoms with van der Waals surface area (Å²) in [4.78, 5) is 9.27. The first-order valence-electron chi connectivity index (χ1n) is 8.24. The fourth-order valence-corrected chi connectivity index (χ4v) is 2.50. The van der Waals surface area contributed by atoms with E-state index in [0.717, 1.165) is 34.2 Å². The quantitative estimate of drug-likeness (QED) is 0.757. The zero-order chi connectivity index (χ0) is 16.4. The van der Waals surface area contributed by atoms with Gasteiger partial charge in [-0.25, -0.2) is 4.98 Å². The van der Waals surface area contributed by atoms with Gasteiger partial charge >= 0.3 is 0 Å². The lowest BCUT2D eigenvalue weighted by Gasteiger charge is -2.14. The number of aryl methyl sites for hydroxylation is 1. The molecule has 1 heterocycles. The van der Waals surface area contributed by atoms with Crippen LogP contribution < -0.4 is 10.6 Å². The lowest BCUT2D eigenvalue weighted by atomic mass is 10.2. The Hall–Kier alpha value is -1.81. The molecule has 23 heavy (non-hydrogen) atoms. The predicted octanol–water partition coefficient (Wildman–Crippen LogP) is 5.27. The molecule has 0 radical (unpaired) electrons. The van der Waals surface area contributed by atoms with Crippen LogP contribution in [0, 0.1) is 6.92 Å². The molecule has 1 atom stereocenters. The number of nitrogens with one attached hydrogen (secondary N) is 2. The van der Waals surface area contributed by atoms with E-state index in [4.69, 9.17) is 11.6 Å². The van der Waals surface area contributed by atoms with Gasteiger partial charge in [0, 0.05) is 28.7 Å². The smallest absolute Gasteiger partial charge is 0.225 e. The van der Waals surface area contributed by atoms with Gasteiger partial charge in [0.05, 0.1) is 5.69 Å². The van der Waals surface area contributed by atoms with E-state index in [1.165, 1.54) is 12.8 Å². The minimum Gasteiger partial charge on any atom is -0.352 e. The molecule has 3 rings (SSSR count). The van der Waals surface area contributed by atoms with Crippen molar-refractivity contribution < 1.29 is 0 Å². The Labute approximate surface area is 142 Å². The number of nitrogens with zero attached hydrogens (tertiary/aromatic N) is 2. The lowest BCUT2D eigenvalue weighted by Crippen LogP contribution is -2.16. The summed E-state index contributed by atoms with van der Waals surface area (Å²) in [5.41, 5.74) is 3.12. The molecule has 1 fully saturated rings. The molecule has 0 aliphatic heterocycles. The molecule has 1 saturated carbocycles. The van der Waals surface area contributed by atoms with Crippen LogP contribution in [0.2, 0.25) is 5.02 Å². The lowest BCUT2D eigenvalue weighted by molar-refractivity contribution is 0.750. The highest BCUT2D eigenvalue weighted by Gasteiger charge is 2.26. The molecule has 2 aromatic rings. The number of halogens is 1. The minimum atomic E-state index is 0.353. The van der Waals surface area contributed by atoms with Gasteiger partial charge in [-0.15, -0.1) is 0 Å². The molecule has 2 N–H and O–H groups in total. The summed E-state index contributed by atoms with van der Waals surface area (Å²) in [7, 11) is 0. The van der Waals surface area contributed by atoms with Crippen molar-refractivity contribution in [3.63, 3.8) is 0 Å². The van der Waals surface area contributed by atoms with Gasteiger partial charge in [0.2, 0.25) is 5.95 Å². The third-order valence-electron chi connectivity index (χ3n) is 4.17. The van der Waals surface area contributed by atoms with Gasteiger partial charge in [0.15, 0.2) is 0 Å². The largest absolute Gasteiger partial charge is 0.352 e. The SMILES string of the molecule is CC[C@H](C)Nc1nc(Nc2ccc(C)c(Cl)c2)cc(C2CC2)n1. The van der Waals surface area contributed by atoms with E-state index in [0.29, 0.717) is 17.9 Å². The molecular formula is C18H23ClN4. The van der Waals surface area contributed by atoms with Crippen molar-refractivity contribution in [3.05, 3.63) is 40.5 Å². The highest BCUT2D eigenvalue weighted by molar-refractivity contribution is 6.31. The Morgan fingerprint density at radius 3 is 2.70 bits per heavy atom. The van der Waals surface area contributed by atoms with Crippen LogP contribution >= 0.6 is 11.6 Å². The van der Waals surface area contributed by atoms with Crippen LogP contribution in [-0.4, -0.2) is 16.0 Å². The summed E-state index contributed by atoms with van der Waals surface area (Å²) in [6.07, 6.45) is 3.47. The predicted molar refractivity (Wildman–Crippen MR) is 96.9 cm³/mol. The van der Waals surface area contributed by atoms with E-state index in [-0.39, 0.29) is 0 Å². The normalized spacial score (nSPS) is 15.3. The zero-order valence-electron chi connectivity index (χ0n) is 13.9. The molecule has 1 aliphatic carbocycles. The van der Waals surface area contributed by atoms with E-state index < -0.39 is 0 Å². The second-order valence-corrected chi connectivity index (χ2v) is 6.73. The van der Waals surface area contributed by atoms with Gasteiger partial charge in [0.1, 0.15) is 5.82 Å². The first-order chi connectivity index (χ1) is 11.0. The first kappa shape index (κ1) is 16.1. The molecule has 0 unspecified atom stereocenters. The highest BCUT2D eigenvalue weighted by atomic mass is 35.5. The molecule has 5 heteroatoms. The van der Waals surface area contributed by atoms with Gasteiger partial charge in [-0.1, -0.05) is 24.6 Å². The van der Waals surface area contributed by atoms with Crippen molar-refractivity contribution in [1.29, 1.82) is 0 Å². The van der Waals surface area contributed by atoms with Crippen molar-refractivity contribution in [3.8, 4) is 0 Å². The molecule has 122 valence electrons. The van der Waals surface area contributed by atoms with Gasteiger partial charge in [-0.3, -0.25) is 0 Å². The molecule has 0 bridgehead atoms. The van der Waals surface area contributed by atoms with E-state index in [1.54, 1.807) is 0 Å². The van der Waals surface area contributed by atoms with Crippen molar-refractivity contribution in [2.45, 2.75) is 52.0 Å². The number of hydrogen-bond donors (Lipinski definition) is 2. The van der Waals surface area contributed by atoms with Crippen LogP contribution in [0.25, 0.3) is 0 Å². The van der Waals surface area contributed by atoms with E-state index in [2.05, 4.69) is 34.4 Å². The molecule has 1 aromatic carbocycles. The third kappa shape index (κ3) is 4.14. The summed E-state index contributed by atoms with van der Waals surface area (Å²) in [6.45, 7) is 6.28. The molecule has 0 spiro atoms. The van der Waals surface area contributed by atoms with Crippen LogP contribution in [0.5, 0.6) is 0 Å². The first-order valence-corrected chi connectivity index (χ1v) is 8.61. The number of anilines is 3. The number of benzene rings is 1. The van der Waals surface area contributed by atoms with E-state index in [1.807, 2.05) is 31.2 Å². The van der Waals surface area contributed by atoms with Gasteiger partial charge in [-0.2, -0.15) is 4.98 Å². The monoisotopic (exact) mass is 330 g/mol. The van der Waals surface area contributed by atoms with Crippen molar-refractivity contribution >= 4 is 29.1 Å². The summed E-state index contributed by atoms with van der Waals surface area (Å²) >= 11 is 6.21. The van der Waals surface area contributed by atoms with Crippen molar-refractivity contribution in [1.82, 2.24) is 9.97 Å². The molecule has 0 saturated heterocycles.